The van der Waals surface area contributed by atoms with Crippen LogP contribution in [0.1, 0.15) is 19.6 Å². The number of aliphatic hydroxyl groups excluding tert-OH is 2. The number of fused-ring (bicyclic) bond motifs is 1. The van der Waals surface area contributed by atoms with Gasteiger partial charge in [-0.05, 0) is 13.0 Å². The number of nitrogens with two attached hydrogens (primary N) is 1. The van der Waals surface area contributed by atoms with E-state index in [-0.39, 0.29) is 18.1 Å². The fourth-order valence-corrected chi connectivity index (χ4v) is 2.48. The lowest BCUT2D eigenvalue weighted by molar-refractivity contribution is -0.114. The number of hydrogen-bond acceptors (Lipinski definition) is 6. The largest absolute Gasteiger partial charge is 0.393 e. The van der Waals surface area contributed by atoms with Crippen LogP contribution in [0.2, 0.25) is 0 Å². The van der Waals surface area contributed by atoms with Gasteiger partial charge in [-0.1, -0.05) is 0 Å². The van der Waals surface area contributed by atoms with Crippen LogP contribution < -0.4 is 11.3 Å². The van der Waals surface area contributed by atoms with Crippen LogP contribution in [0.3, 0.4) is 0 Å². The Bertz CT molecular complexity index is 709. The lowest BCUT2D eigenvalue weighted by Crippen LogP contribution is -2.39. The van der Waals surface area contributed by atoms with Crippen molar-refractivity contribution in [2.45, 2.75) is 31.3 Å². The second-order valence-electron chi connectivity index (χ2n) is 5.21. The van der Waals surface area contributed by atoms with Crippen LogP contribution in [0, 0.1) is 0 Å². The SMILES string of the molecule is C[C@]1(CO)O[C@@H](n2ccc3c(=O)[nH]c(N)nc32)C[C@@H]1O. The number of rotatable bonds is 2. The number of aliphatic hydroxyl groups is 2. The molecular weight excluding hydrogens is 264 g/mol. The zero-order valence-corrected chi connectivity index (χ0v) is 10.9. The normalized spacial score (nSPS) is 30.1. The van der Waals surface area contributed by atoms with Gasteiger partial charge in [-0.15, -0.1) is 0 Å². The van der Waals surface area contributed by atoms with E-state index in [1.165, 1.54) is 0 Å². The molecule has 1 fully saturated rings. The maximum Gasteiger partial charge on any atom is 0.261 e. The summed E-state index contributed by atoms with van der Waals surface area (Å²) in [7, 11) is 0. The van der Waals surface area contributed by atoms with Crippen LogP contribution in [-0.2, 0) is 4.74 Å². The molecule has 108 valence electrons. The summed E-state index contributed by atoms with van der Waals surface area (Å²) in [4.78, 5) is 18.3. The van der Waals surface area contributed by atoms with Gasteiger partial charge in [0.05, 0.1) is 18.1 Å². The first-order valence-corrected chi connectivity index (χ1v) is 6.28. The smallest absolute Gasteiger partial charge is 0.261 e. The van der Waals surface area contributed by atoms with E-state index in [1.807, 2.05) is 0 Å². The number of aromatic nitrogens is 3. The third-order valence-electron chi connectivity index (χ3n) is 3.76. The van der Waals surface area contributed by atoms with E-state index in [1.54, 1.807) is 23.8 Å². The lowest BCUT2D eigenvalue weighted by atomic mass is 10.0. The highest BCUT2D eigenvalue weighted by molar-refractivity contribution is 5.76. The van der Waals surface area contributed by atoms with E-state index in [0.717, 1.165) is 0 Å². The van der Waals surface area contributed by atoms with Crippen LogP contribution in [0.4, 0.5) is 5.95 Å². The zero-order valence-electron chi connectivity index (χ0n) is 10.9. The Morgan fingerprint density at radius 1 is 1.70 bits per heavy atom. The summed E-state index contributed by atoms with van der Waals surface area (Å²) in [6.45, 7) is 1.35. The van der Waals surface area contributed by atoms with Gasteiger partial charge < -0.3 is 25.3 Å². The number of nitrogen functional groups attached to an aromatic ring is 1. The monoisotopic (exact) mass is 280 g/mol. The summed E-state index contributed by atoms with van der Waals surface area (Å²) in [5.74, 6) is 0.0194. The molecule has 20 heavy (non-hydrogen) atoms. The molecule has 2 aromatic heterocycles. The molecule has 5 N–H and O–H groups in total. The molecule has 0 radical (unpaired) electrons. The summed E-state index contributed by atoms with van der Waals surface area (Å²) in [6, 6.07) is 1.62. The van der Waals surface area contributed by atoms with Crippen molar-refractivity contribution >= 4 is 17.0 Å². The fraction of sp³-hybridized carbons (Fsp3) is 0.500. The van der Waals surface area contributed by atoms with Gasteiger partial charge >= 0.3 is 0 Å². The average Bonchev–Trinajstić information content (AvgIpc) is 2.92. The van der Waals surface area contributed by atoms with E-state index in [2.05, 4.69) is 9.97 Å². The molecule has 0 aliphatic carbocycles. The Balaban J connectivity index is 2.06. The number of hydrogen-bond donors (Lipinski definition) is 4. The van der Waals surface area contributed by atoms with Gasteiger partial charge in [-0.2, -0.15) is 4.98 Å². The van der Waals surface area contributed by atoms with Crippen molar-refractivity contribution < 1.29 is 14.9 Å². The first kappa shape index (κ1) is 13.1. The molecule has 0 spiro atoms. The van der Waals surface area contributed by atoms with Crippen LogP contribution in [-0.4, -0.2) is 43.1 Å². The zero-order chi connectivity index (χ0) is 14.5. The molecule has 0 amide bonds. The molecule has 1 saturated heterocycles. The third-order valence-corrected chi connectivity index (χ3v) is 3.76. The molecule has 0 bridgehead atoms. The van der Waals surface area contributed by atoms with E-state index < -0.39 is 17.9 Å². The van der Waals surface area contributed by atoms with Gasteiger partial charge in [-0.3, -0.25) is 9.78 Å². The second-order valence-corrected chi connectivity index (χ2v) is 5.21. The first-order valence-electron chi connectivity index (χ1n) is 6.28. The predicted molar refractivity (Wildman–Crippen MR) is 71.0 cm³/mol. The van der Waals surface area contributed by atoms with Crippen LogP contribution in [0.25, 0.3) is 11.0 Å². The van der Waals surface area contributed by atoms with Crippen molar-refractivity contribution in [3.63, 3.8) is 0 Å². The molecule has 8 nitrogen and oxygen atoms in total. The van der Waals surface area contributed by atoms with Crippen molar-refractivity contribution in [1.82, 2.24) is 14.5 Å². The Morgan fingerprint density at radius 2 is 2.45 bits per heavy atom. The predicted octanol–water partition coefficient (Wildman–Crippen LogP) is -0.662. The number of aromatic amines is 1. The third kappa shape index (κ3) is 1.80. The summed E-state index contributed by atoms with van der Waals surface area (Å²) in [6.07, 6.45) is 0.657. The minimum atomic E-state index is -1.02. The number of H-pyrrole nitrogens is 1. The highest BCUT2D eigenvalue weighted by Gasteiger charge is 2.45. The first-order chi connectivity index (χ1) is 9.44. The molecule has 0 saturated carbocycles. The van der Waals surface area contributed by atoms with Gasteiger partial charge in [0.25, 0.3) is 5.56 Å². The molecule has 2 aromatic rings. The van der Waals surface area contributed by atoms with Crippen molar-refractivity contribution in [3.05, 3.63) is 22.6 Å². The highest BCUT2D eigenvalue weighted by atomic mass is 16.6. The van der Waals surface area contributed by atoms with E-state index in [9.17, 15) is 15.0 Å². The van der Waals surface area contributed by atoms with Crippen molar-refractivity contribution in [2.75, 3.05) is 12.3 Å². The quantitative estimate of drug-likeness (QED) is 0.578. The van der Waals surface area contributed by atoms with E-state index >= 15 is 0 Å². The molecule has 1 aliphatic rings. The molecule has 3 rings (SSSR count). The van der Waals surface area contributed by atoms with Gasteiger partial charge in [0.2, 0.25) is 5.95 Å². The van der Waals surface area contributed by atoms with Crippen molar-refractivity contribution in [2.24, 2.45) is 0 Å². The maximum atomic E-state index is 11.8. The van der Waals surface area contributed by atoms with Crippen LogP contribution in [0.5, 0.6) is 0 Å². The summed E-state index contributed by atoms with van der Waals surface area (Å²) >= 11 is 0. The fourth-order valence-electron chi connectivity index (χ4n) is 2.48. The number of anilines is 1. The molecule has 3 heterocycles. The Kier molecular flexibility index (Phi) is 2.82. The Hall–Kier alpha value is -1.90. The topological polar surface area (TPSA) is 126 Å². The average molecular weight is 280 g/mol. The van der Waals surface area contributed by atoms with E-state index in [0.29, 0.717) is 17.5 Å². The van der Waals surface area contributed by atoms with Crippen LogP contribution >= 0.6 is 0 Å². The number of ether oxygens (including phenoxy) is 1. The minimum Gasteiger partial charge on any atom is -0.393 e. The van der Waals surface area contributed by atoms with Gasteiger partial charge in [0.15, 0.2) is 5.65 Å². The standard InChI is InChI=1S/C12H16N4O4/c1-12(5-17)7(18)4-8(20-12)16-3-2-6-9(16)14-11(13)15-10(6)19/h2-3,7-8,17-18H,4-5H2,1H3,(H3,13,14,15,19)/t7-,8+,12+/m0/s1. The van der Waals surface area contributed by atoms with Gasteiger partial charge in [0, 0.05) is 12.6 Å². The minimum absolute atomic E-state index is 0.0194. The second kappa shape index (κ2) is 4.30. The molecule has 8 heteroatoms. The van der Waals surface area contributed by atoms with Gasteiger partial charge in [0.1, 0.15) is 11.8 Å². The molecule has 1 aliphatic heterocycles. The molecule has 0 aromatic carbocycles. The molecule has 3 atom stereocenters. The number of nitrogens with one attached hydrogen (secondary N) is 1. The maximum absolute atomic E-state index is 11.8. The van der Waals surface area contributed by atoms with Crippen molar-refractivity contribution in [1.29, 1.82) is 0 Å². The summed E-state index contributed by atoms with van der Waals surface area (Å²) in [5.41, 5.74) is 4.60. The Morgan fingerprint density at radius 3 is 3.10 bits per heavy atom. The summed E-state index contributed by atoms with van der Waals surface area (Å²) < 4.78 is 7.36. The summed E-state index contributed by atoms with van der Waals surface area (Å²) in [5, 5.41) is 19.7. The highest BCUT2D eigenvalue weighted by Crippen LogP contribution is 2.37. The molecule has 0 unspecified atom stereocenters. The van der Waals surface area contributed by atoms with Crippen molar-refractivity contribution in [3.8, 4) is 0 Å². The lowest BCUT2D eigenvalue weighted by Gasteiger charge is -2.25. The molecular formula is C12H16N4O4. The van der Waals surface area contributed by atoms with Crippen LogP contribution in [0.15, 0.2) is 17.1 Å². The number of nitrogens with zero attached hydrogens (tertiary/aromatic N) is 2. The van der Waals surface area contributed by atoms with E-state index in [4.69, 9.17) is 10.5 Å². The Labute approximate surface area is 113 Å². The van der Waals surface area contributed by atoms with Gasteiger partial charge in [-0.25, -0.2) is 0 Å².